The number of rotatable bonds is 6. The molecule has 1 saturated heterocycles. The van der Waals surface area contributed by atoms with Crippen LogP contribution >= 0.6 is 0 Å². The van der Waals surface area contributed by atoms with Crippen LogP contribution in [0.15, 0.2) is 54.7 Å². The van der Waals surface area contributed by atoms with Crippen molar-refractivity contribution in [1.29, 1.82) is 0 Å². The fraction of sp³-hybridized carbons (Fsp3) is 0.261. The van der Waals surface area contributed by atoms with Gasteiger partial charge in [-0.15, -0.1) is 0 Å². The van der Waals surface area contributed by atoms with Crippen molar-refractivity contribution < 1.29 is 19.1 Å². The van der Waals surface area contributed by atoms with E-state index in [1.54, 1.807) is 31.4 Å². The van der Waals surface area contributed by atoms with Crippen LogP contribution in [0.2, 0.25) is 0 Å². The highest BCUT2D eigenvalue weighted by Gasteiger charge is 2.20. The van der Waals surface area contributed by atoms with Crippen molar-refractivity contribution in [3.05, 3.63) is 66.0 Å². The Balaban J connectivity index is 1.56. The van der Waals surface area contributed by atoms with E-state index < -0.39 is 0 Å². The first-order valence-electron chi connectivity index (χ1n) is 9.89. The van der Waals surface area contributed by atoms with Crippen molar-refractivity contribution in [2.45, 2.75) is 18.9 Å². The second-order valence-corrected chi connectivity index (χ2v) is 7.06. The highest BCUT2D eigenvalue weighted by atomic mass is 16.5. The number of nitrogens with zero attached hydrogens (tertiary/aromatic N) is 1. The molecule has 1 fully saturated rings. The number of benzene rings is 2. The lowest BCUT2D eigenvalue weighted by Crippen LogP contribution is -2.33. The zero-order valence-electron chi connectivity index (χ0n) is 16.7. The van der Waals surface area contributed by atoms with Crippen LogP contribution < -0.4 is 15.4 Å². The van der Waals surface area contributed by atoms with Crippen LogP contribution in [0.3, 0.4) is 0 Å². The summed E-state index contributed by atoms with van der Waals surface area (Å²) in [4.78, 5) is 29.8. The van der Waals surface area contributed by atoms with Gasteiger partial charge in [-0.05, 0) is 42.5 Å². The van der Waals surface area contributed by atoms with Crippen molar-refractivity contribution in [2.75, 3.05) is 25.6 Å². The van der Waals surface area contributed by atoms with E-state index in [2.05, 4.69) is 15.6 Å². The van der Waals surface area contributed by atoms with Crippen LogP contribution in [0.1, 0.15) is 33.7 Å². The van der Waals surface area contributed by atoms with Gasteiger partial charge < -0.3 is 20.1 Å². The molecule has 7 heteroatoms. The molecule has 2 N–H and O–H groups in total. The second-order valence-electron chi connectivity index (χ2n) is 7.06. The summed E-state index contributed by atoms with van der Waals surface area (Å²) in [5.41, 5.74) is 1.01. The van der Waals surface area contributed by atoms with E-state index in [9.17, 15) is 9.59 Å². The third kappa shape index (κ3) is 4.11. The first-order chi connectivity index (χ1) is 14.7. The van der Waals surface area contributed by atoms with Crippen molar-refractivity contribution in [3.8, 4) is 5.75 Å². The van der Waals surface area contributed by atoms with Gasteiger partial charge in [-0.3, -0.25) is 9.59 Å². The minimum Gasteiger partial charge on any atom is -0.496 e. The number of methoxy groups -OCH3 is 1. The first-order valence-corrected chi connectivity index (χ1v) is 9.89. The topological polar surface area (TPSA) is 89.5 Å². The average Bonchev–Trinajstić information content (AvgIpc) is 3.30. The first kappa shape index (κ1) is 19.8. The van der Waals surface area contributed by atoms with E-state index in [-0.39, 0.29) is 23.6 Å². The molecule has 2 amide bonds. The van der Waals surface area contributed by atoms with E-state index in [1.165, 1.54) is 6.20 Å². The number of aromatic nitrogens is 1. The Morgan fingerprint density at radius 3 is 2.70 bits per heavy atom. The molecule has 0 radical (unpaired) electrons. The predicted molar refractivity (Wildman–Crippen MR) is 114 cm³/mol. The van der Waals surface area contributed by atoms with E-state index in [0.29, 0.717) is 23.5 Å². The maximum absolute atomic E-state index is 13.0. The minimum absolute atomic E-state index is 0.0290. The van der Waals surface area contributed by atoms with Gasteiger partial charge in [-0.2, -0.15) is 0 Å². The largest absolute Gasteiger partial charge is 0.496 e. The van der Waals surface area contributed by atoms with Crippen LogP contribution in [0.4, 0.5) is 5.69 Å². The molecule has 3 aromatic rings. The SMILES string of the molecule is COc1ccc(C(=O)Nc2cccnc2C(=O)NCC2CCCO2)c2ccccc12. The van der Waals surface area contributed by atoms with Gasteiger partial charge in [0.25, 0.3) is 11.8 Å². The number of hydrogen-bond acceptors (Lipinski definition) is 5. The van der Waals surface area contributed by atoms with E-state index in [0.717, 1.165) is 30.2 Å². The molecule has 154 valence electrons. The Morgan fingerprint density at radius 1 is 1.10 bits per heavy atom. The summed E-state index contributed by atoms with van der Waals surface area (Å²) in [6.45, 7) is 1.15. The third-order valence-electron chi connectivity index (χ3n) is 5.13. The molecule has 1 unspecified atom stereocenters. The fourth-order valence-electron chi connectivity index (χ4n) is 3.62. The Kier molecular flexibility index (Phi) is 5.90. The second kappa shape index (κ2) is 8.92. The number of ether oxygens (including phenoxy) is 2. The minimum atomic E-state index is -0.346. The lowest BCUT2D eigenvalue weighted by molar-refractivity contribution is 0.0854. The summed E-state index contributed by atoms with van der Waals surface area (Å²) in [5.74, 6) is 0.0220. The fourth-order valence-corrected chi connectivity index (χ4v) is 3.62. The van der Waals surface area contributed by atoms with Gasteiger partial charge in [0, 0.05) is 30.3 Å². The summed E-state index contributed by atoms with van der Waals surface area (Å²) in [6.07, 6.45) is 3.48. The van der Waals surface area contributed by atoms with Crippen LogP contribution in [0.25, 0.3) is 10.8 Å². The summed E-state index contributed by atoms with van der Waals surface area (Å²) >= 11 is 0. The van der Waals surface area contributed by atoms with E-state index in [4.69, 9.17) is 9.47 Å². The molecule has 30 heavy (non-hydrogen) atoms. The molecule has 2 heterocycles. The predicted octanol–water partition coefficient (Wildman–Crippen LogP) is 3.40. The van der Waals surface area contributed by atoms with Gasteiger partial charge in [0.2, 0.25) is 0 Å². The number of anilines is 1. The van der Waals surface area contributed by atoms with Crippen molar-refractivity contribution >= 4 is 28.3 Å². The highest BCUT2D eigenvalue weighted by Crippen LogP contribution is 2.29. The van der Waals surface area contributed by atoms with Gasteiger partial charge in [-0.25, -0.2) is 4.98 Å². The number of pyridine rings is 1. The van der Waals surface area contributed by atoms with Crippen LogP contribution in [-0.2, 0) is 4.74 Å². The monoisotopic (exact) mass is 405 g/mol. The lowest BCUT2D eigenvalue weighted by Gasteiger charge is -2.14. The number of nitrogens with one attached hydrogen (secondary N) is 2. The molecule has 7 nitrogen and oxygen atoms in total. The Hall–Kier alpha value is -3.45. The summed E-state index contributed by atoms with van der Waals surface area (Å²) in [5, 5.41) is 7.28. The van der Waals surface area contributed by atoms with E-state index >= 15 is 0 Å². The third-order valence-corrected chi connectivity index (χ3v) is 5.13. The summed E-state index contributed by atoms with van der Waals surface area (Å²) in [7, 11) is 1.60. The maximum atomic E-state index is 13.0. The number of carbonyl (C=O) groups is 2. The molecule has 2 aromatic carbocycles. The molecule has 1 atom stereocenters. The molecule has 1 aliphatic rings. The number of carbonyl (C=O) groups excluding carboxylic acids is 2. The Labute approximate surface area is 174 Å². The van der Waals surface area contributed by atoms with Gasteiger partial charge in [-0.1, -0.05) is 24.3 Å². The van der Waals surface area contributed by atoms with Gasteiger partial charge in [0.15, 0.2) is 5.69 Å². The number of hydrogen-bond donors (Lipinski definition) is 2. The number of fused-ring (bicyclic) bond motifs is 1. The quantitative estimate of drug-likeness (QED) is 0.656. The molecule has 0 saturated carbocycles. The zero-order valence-corrected chi connectivity index (χ0v) is 16.7. The van der Waals surface area contributed by atoms with Crippen molar-refractivity contribution in [3.63, 3.8) is 0 Å². The summed E-state index contributed by atoms with van der Waals surface area (Å²) in [6, 6.07) is 14.3. The van der Waals surface area contributed by atoms with Crippen molar-refractivity contribution in [1.82, 2.24) is 10.3 Å². The van der Waals surface area contributed by atoms with Crippen LogP contribution in [0, 0.1) is 0 Å². The molecule has 0 bridgehead atoms. The smallest absolute Gasteiger partial charge is 0.272 e. The van der Waals surface area contributed by atoms with Gasteiger partial charge in [0.1, 0.15) is 5.75 Å². The van der Waals surface area contributed by atoms with Crippen molar-refractivity contribution in [2.24, 2.45) is 0 Å². The molecule has 0 aliphatic carbocycles. The Morgan fingerprint density at radius 2 is 1.93 bits per heavy atom. The molecule has 4 rings (SSSR count). The van der Waals surface area contributed by atoms with Gasteiger partial charge in [0.05, 0.1) is 18.9 Å². The maximum Gasteiger partial charge on any atom is 0.272 e. The average molecular weight is 405 g/mol. The van der Waals surface area contributed by atoms with Gasteiger partial charge >= 0.3 is 0 Å². The van der Waals surface area contributed by atoms with Crippen LogP contribution in [0.5, 0.6) is 5.75 Å². The van der Waals surface area contributed by atoms with Crippen LogP contribution in [-0.4, -0.2) is 43.2 Å². The highest BCUT2D eigenvalue weighted by molar-refractivity contribution is 6.15. The molecule has 0 spiro atoms. The summed E-state index contributed by atoms with van der Waals surface area (Å²) < 4.78 is 10.9. The zero-order chi connectivity index (χ0) is 20.9. The Bertz CT molecular complexity index is 1080. The standard InChI is InChI=1S/C23H23N3O4/c1-29-20-11-10-18(16-7-2-3-8-17(16)20)22(27)26-19-9-4-12-24-21(19)23(28)25-14-15-6-5-13-30-15/h2-4,7-12,15H,5-6,13-14H2,1H3,(H,25,28)(H,26,27). The molecular weight excluding hydrogens is 382 g/mol. The molecular formula is C23H23N3O4. The molecule has 1 aromatic heterocycles. The normalized spacial score (nSPS) is 15.7. The lowest BCUT2D eigenvalue weighted by atomic mass is 10.0. The molecule has 1 aliphatic heterocycles. The van der Waals surface area contributed by atoms with E-state index in [1.807, 2.05) is 24.3 Å². The number of amides is 2.